The number of ether oxygens (including phenoxy) is 1. The van der Waals surface area contributed by atoms with Crippen molar-refractivity contribution in [1.82, 2.24) is 19.9 Å². The van der Waals surface area contributed by atoms with Gasteiger partial charge in [0.05, 0.1) is 24.2 Å². The molecule has 20 heavy (non-hydrogen) atoms. The molecule has 1 fully saturated rings. The van der Waals surface area contributed by atoms with Gasteiger partial charge in [0.25, 0.3) is 5.91 Å². The number of carbonyl (C=O) groups excluding carboxylic acids is 1. The lowest BCUT2D eigenvalue weighted by Crippen LogP contribution is -2.29. The zero-order chi connectivity index (χ0) is 13.9. The lowest BCUT2D eigenvalue weighted by Gasteiger charge is -2.16. The average Bonchev–Trinajstić information content (AvgIpc) is 3.18. The summed E-state index contributed by atoms with van der Waals surface area (Å²) in [6, 6.07) is 7.37. The minimum atomic E-state index is 0.0506. The Labute approximate surface area is 117 Å². The van der Waals surface area contributed by atoms with Gasteiger partial charge >= 0.3 is 0 Å². The number of likely N-dealkylation sites (tertiary alicyclic amines) is 1. The number of aromatic nitrogens is 3. The fraction of sp³-hybridized carbons (Fsp3) is 0.357. The van der Waals surface area contributed by atoms with Gasteiger partial charge in [-0.25, -0.2) is 4.68 Å². The van der Waals surface area contributed by atoms with E-state index in [-0.39, 0.29) is 12.0 Å². The molecule has 6 nitrogen and oxygen atoms in total. The zero-order valence-corrected chi connectivity index (χ0v) is 11.3. The van der Waals surface area contributed by atoms with E-state index in [0.717, 1.165) is 18.7 Å². The van der Waals surface area contributed by atoms with Gasteiger partial charge in [-0.1, -0.05) is 5.21 Å². The highest BCUT2D eigenvalue weighted by Gasteiger charge is 2.26. The summed E-state index contributed by atoms with van der Waals surface area (Å²) in [6.45, 7) is 1.42. The van der Waals surface area contributed by atoms with Crippen LogP contribution in [0.3, 0.4) is 0 Å². The van der Waals surface area contributed by atoms with Crippen LogP contribution in [0.2, 0.25) is 0 Å². The molecule has 2 heterocycles. The number of amides is 1. The van der Waals surface area contributed by atoms with Crippen LogP contribution in [0.5, 0.6) is 0 Å². The van der Waals surface area contributed by atoms with Crippen LogP contribution in [0.25, 0.3) is 5.69 Å². The largest absolute Gasteiger partial charge is 0.380 e. The summed E-state index contributed by atoms with van der Waals surface area (Å²) >= 11 is 0. The van der Waals surface area contributed by atoms with Crippen molar-refractivity contribution in [2.24, 2.45) is 0 Å². The highest BCUT2D eigenvalue weighted by Crippen LogP contribution is 2.16. The first kappa shape index (κ1) is 12.8. The van der Waals surface area contributed by atoms with Gasteiger partial charge < -0.3 is 9.64 Å². The van der Waals surface area contributed by atoms with Crippen LogP contribution in [-0.4, -0.2) is 52.1 Å². The summed E-state index contributed by atoms with van der Waals surface area (Å²) in [5, 5.41) is 7.67. The van der Waals surface area contributed by atoms with E-state index in [1.807, 2.05) is 29.2 Å². The van der Waals surface area contributed by atoms with Crippen molar-refractivity contribution in [3.05, 3.63) is 42.2 Å². The molecular formula is C14H16N4O2. The van der Waals surface area contributed by atoms with Crippen molar-refractivity contribution < 1.29 is 9.53 Å². The third kappa shape index (κ3) is 2.42. The van der Waals surface area contributed by atoms with Crippen molar-refractivity contribution in [3.63, 3.8) is 0 Å². The molecule has 2 aromatic rings. The Morgan fingerprint density at radius 2 is 2.15 bits per heavy atom. The second-order valence-electron chi connectivity index (χ2n) is 4.79. The minimum Gasteiger partial charge on any atom is -0.380 e. The van der Waals surface area contributed by atoms with Crippen LogP contribution >= 0.6 is 0 Å². The summed E-state index contributed by atoms with van der Waals surface area (Å²) in [4.78, 5) is 14.2. The number of hydrogen-bond acceptors (Lipinski definition) is 4. The molecule has 0 unspecified atom stereocenters. The molecule has 6 heteroatoms. The summed E-state index contributed by atoms with van der Waals surface area (Å²) < 4.78 is 6.94. The molecule has 1 aromatic heterocycles. The monoisotopic (exact) mass is 272 g/mol. The second-order valence-corrected chi connectivity index (χ2v) is 4.79. The maximum absolute atomic E-state index is 12.3. The first-order chi connectivity index (χ1) is 9.78. The Bertz CT molecular complexity index is 580. The molecule has 1 aromatic carbocycles. The highest BCUT2D eigenvalue weighted by atomic mass is 16.5. The first-order valence-corrected chi connectivity index (χ1v) is 6.57. The Morgan fingerprint density at radius 1 is 1.35 bits per heavy atom. The van der Waals surface area contributed by atoms with E-state index >= 15 is 0 Å². The molecule has 1 atom stereocenters. The topological polar surface area (TPSA) is 60.2 Å². The lowest BCUT2D eigenvalue weighted by atomic mass is 10.2. The molecule has 1 aliphatic heterocycles. The maximum atomic E-state index is 12.3. The smallest absolute Gasteiger partial charge is 0.253 e. The second kappa shape index (κ2) is 5.42. The first-order valence-electron chi connectivity index (χ1n) is 6.57. The van der Waals surface area contributed by atoms with E-state index in [1.54, 1.807) is 24.2 Å². The average molecular weight is 272 g/mol. The predicted molar refractivity (Wildman–Crippen MR) is 72.7 cm³/mol. The molecule has 0 saturated carbocycles. The Kier molecular flexibility index (Phi) is 3.47. The van der Waals surface area contributed by atoms with Crippen LogP contribution in [0.4, 0.5) is 0 Å². The maximum Gasteiger partial charge on any atom is 0.253 e. The Hall–Kier alpha value is -2.21. The van der Waals surface area contributed by atoms with Gasteiger partial charge in [0.2, 0.25) is 0 Å². The van der Waals surface area contributed by atoms with Crippen LogP contribution in [0.1, 0.15) is 16.8 Å². The molecule has 1 amide bonds. The number of rotatable bonds is 3. The van der Waals surface area contributed by atoms with Gasteiger partial charge in [0.15, 0.2) is 0 Å². The molecular weight excluding hydrogens is 256 g/mol. The van der Waals surface area contributed by atoms with Crippen molar-refractivity contribution in [3.8, 4) is 5.69 Å². The normalized spacial score (nSPS) is 18.4. The highest BCUT2D eigenvalue weighted by molar-refractivity contribution is 5.94. The number of nitrogens with zero attached hydrogens (tertiary/aromatic N) is 4. The van der Waals surface area contributed by atoms with Gasteiger partial charge in [-0.3, -0.25) is 4.79 Å². The summed E-state index contributed by atoms with van der Waals surface area (Å²) in [7, 11) is 1.69. The molecule has 104 valence electrons. The summed E-state index contributed by atoms with van der Waals surface area (Å²) in [5.74, 6) is 0.0506. The molecule has 0 spiro atoms. The van der Waals surface area contributed by atoms with Gasteiger partial charge in [-0.15, -0.1) is 5.10 Å². The molecule has 0 bridgehead atoms. The van der Waals surface area contributed by atoms with Crippen molar-refractivity contribution in [2.45, 2.75) is 12.5 Å². The molecule has 0 radical (unpaired) electrons. The van der Waals surface area contributed by atoms with Gasteiger partial charge in [0, 0.05) is 25.8 Å². The van der Waals surface area contributed by atoms with Crippen LogP contribution in [0, 0.1) is 0 Å². The van der Waals surface area contributed by atoms with E-state index < -0.39 is 0 Å². The standard InChI is InChI=1S/C14H16N4O2/c1-20-13-6-8-17(10-13)14(19)11-2-4-12(5-3-11)18-9-7-15-16-18/h2-5,7,9,13H,6,8,10H2,1H3/t13-/m1/s1. The van der Waals surface area contributed by atoms with Crippen LogP contribution in [-0.2, 0) is 4.74 Å². The fourth-order valence-corrected chi connectivity index (χ4v) is 2.39. The fourth-order valence-electron chi connectivity index (χ4n) is 2.39. The van der Waals surface area contributed by atoms with Crippen molar-refractivity contribution in [1.29, 1.82) is 0 Å². The van der Waals surface area contributed by atoms with E-state index in [1.165, 1.54) is 0 Å². The summed E-state index contributed by atoms with van der Waals surface area (Å²) in [5.41, 5.74) is 1.57. The quantitative estimate of drug-likeness (QED) is 0.840. The van der Waals surface area contributed by atoms with Gasteiger partial charge in [-0.2, -0.15) is 0 Å². The molecule has 3 rings (SSSR count). The van der Waals surface area contributed by atoms with E-state index in [9.17, 15) is 4.79 Å². The SMILES string of the molecule is CO[C@@H]1CCN(C(=O)c2ccc(-n3ccnn3)cc2)C1. The molecule has 0 N–H and O–H groups in total. The van der Waals surface area contributed by atoms with Gasteiger partial charge in [-0.05, 0) is 30.7 Å². The Morgan fingerprint density at radius 3 is 2.75 bits per heavy atom. The van der Waals surface area contributed by atoms with Crippen LogP contribution < -0.4 is 0 Å². The summed E-state index contributed by atoms with van der Waals surface area (Å²) in [6.07, 6.45) is 4.45. The Balaban J connectivity index is 1.73. The molecule has 1 aliphatic rings. The van der Waals surface area contributed by atoms with Crippen LogP contribution in [0.15, 0.2) is 36.7 Å². The number of carbonyl (C=O) groups is 1. The number of hydrogen-bond donors (Lipinski definition) is 0. The molecule has 1 saturated heterocycles. The van der Waals surface area contributed by atoms with Gasteiger partial charge in [0.1, 0.15) is 0 Å². The third-order valence-corrected chi connectivity index (χ3v) is 3.57. The molecule has 0 aliphatic carbocycles. The third-order valence-electron chi connectivity index (χ3n) is 3.57. The lowest BCUT2D eigenvalue weighted by molar-refractivity contribution is 0.0724. The zero-order valence-electron chi connectivity index (χ0n) is 11.3. The van der Waals surface area contributed by atoms with Crippen molar-refractivity contribution in [2.75, 3.05) is 20.2 Å². The van der Waals surface area contributed by atoms with E-state index in [4.69, 9.17) is 4.74 Å². The van der Waals surface area contributed by atoms with E-state index in [0.29, 0.717) is 12.1 Å². The van der Waals surface area contributed by atoms with E-state index in [2.05, 4.69) is 10.3 Å². The number of methoxy groups -OCH3 is 1. The van der Waals surface area contributed by atoms with Crippen molar-refractivity contribution >= 4 is 5.91 Å². The minimum absolute atomic E-state index is 0.0506. The predicted octanol–water partition coefficient (Wildman–Crippen LogP) is 1.13. The number of benzene rings is 1.